The van der Waals surface area contributed by atoms with Crippen molar-refractivity contribution >= 4 is 5.82 Å². The number of aliphatic hydroxyl groups is 1. The summed E-state index contributed by atoms with van der Waals surface area (Å²) in [4.78, 5) is 28.5. The van der Waals surface area contributed by atoms with Crippen LogP contribution >= 0.6 is 0 Å². The van der Waals surface area contributed by atoms with Gasteiger partial charge in [-0.25, -0.2) is 9.89 Å². The summed E-state index contributed by atoms with van der Waals surface area (Å²) in [6.07, 6.45) is 0.0985. The summed E-state index contributed by atoms with van der Waals surface area (Å²) in [6.45, 7) is 1.05. The molecule has 1 aromatic rings. The molecule has 2 atom stereocenters. The van der Waals surface area contributed by atoms with Crippen molar-refractivity contribution in [2.45, 2.75) is 18.6 Å². The Morgan fingerprint density at radius 1 is 1.50 bits per heavy atom. The van der Waals surface area contributed by atoms with Crippen molar-refractivity contribution in [2.24, 2.45) is 0 Å². The monoisotopic (exact) mass is 255 g/mol. The summed E-state index contributed by atoms with van der Waals surface area (Å²) >= 11 is 0. The normalized spacial score (nSPS) is 23.9. The Bertz CT molecular complexity index is 523. The molecule has 1 aliphatic rings. The van der Waals surface area contributed by atoms with Crippen LogP contribution in [-0.2, 0) is 0 Å². The number of hydrogen-bond acceptors (Lipinski definition) is 6. The molecule has 100 valence electrons. The van der Waals surface area contributed by atoms with Crippen LogP contribution in [0.2, 0.25) is 0 Å². The number of nitrogens with one attached hydrogen (secondary N) is 2. The van der Waals surface area contributed by atoms with Gasteiger partial charge in [-0.2, -0.15) is 0 Å². The molecule has 2 heterocycles. The topological polar surface area (TPSA) is 105 Å². The fourth-order valence-corrected chi connectivity index (χ4v) is 2.28. The average molecular weight is 255 g/mol. The second kappa shape index (κ2) is 4.91. The van der Waals surface area contributed by atoms with Gasteiger partial charge in [-0.1, -0.05) is 0 Å². The van der Waals surface area contributed by atoms with Gasteiger partial charge in [0.1, 0.15) is 0 Å². The number of anilines is 1. The molecule has 8 nitrogen and oxygen atoms in total. The van der Waals surface area contributed by atoms with Crippen molar-refractivity contribution in [3.63, 3.8) is 0 Å². The van der Waals surface area contributed by atoms with Crippen molar-refractivity contribution in [3.8, 4) is 0 Å². The zero-order valence-electron chi connectivity index (χ0n) is 10.4. The third-order valence-electron chi connectivity index (χ3n) is 2.93. The Balaban J connectivity index is 2.29. The first-order valence-corrected chi connectivity index (χ1v) is 5.76. The van der Waals surface area contributed by atoms with Crippen LogP contribution in [0.3, 0.4) is 0 Å². The van der Waals surface area contributed by atoms with Gasteiger partial charge >= 0.3 is 5.69 Å². The SMILES string of the molecule is CN(C)CC1CC(O)CN1c1n[nH]c(=O)[nH]c1=O. The van der Waals surface area contributed by atoms with Gasteiger partial charge in [0.05, 0.1) is 6.10 Å². The Hall–Kier alpha value is -1.67. The van der Waals surface area contributed by atoms with Crippen molar-refractivity contribution in [3.05, 3.63) is 20.8 Å². The summed E-state index contributed by atoms with van der Waals surface area (Å²) in [7, 11) is 3.85. The van der Waals surface area contributed by atoms with Gasteiger partial charge in [-0.05, 0) is 20.5 Å². The van der Waals surface area contributed by atoms with Crippen molar-refractivity contribution in [1.82, 2.24) is 20.1 Å². The van der Waals surface area contributed by atoms with Gasteiger partial charge in [-0.15, -0.1) is 5.10 Å². The molecule has 8 heteroatoms. The van der Waals surface area contributed by atoms with Crippen LogP contribution in [0, 0.1) is 0 Å². The molecule has 0 spiro atoms. The van der Waals surface area contributed by atoms with Gasteiger partial charge < -0.3 is 14.9 Å². The molecule has 0 aliphatic carbocycles. The minimum atomic E-state index is -0.632. The molecule has 0 aromatic carbocycles. The fourth-order valence-electron chi connectivity index (χ4n) is 2.28. The van der Waals surface area contributed by atoms with Crippen LogP contribution in [0.15, 0.2) is 9.59 Å². The minimum absolute atomic E-state index is 0.00880. The molecule has 0 saturated carbocycles. The third kappa shape index (κ3) is 2.59. The lowest BCUT2D eigenvalue weighted by molar-refractivity contribution is 0.191. The summed E-state index contributed by atoms with van der Waals surface area (Å²) in [6, 6.07) is 0.00880. The molecular weight excluding hydrogens is 238 g/mol. The summed E-state index contributed by atoms with van der Waals surface area (Å²) in [5.74, 6) is 0.151. The van der Waals surface area contributed by atoms with E-state index in [9.17, 15) is 14.7 Å². The van der Waals surface area contributed by atoms with Gasteiger partial charge in [0.25, 0.3) is 5.56 Å². The molecule has 3 N–H and O–H groups in total. The van der Waals surface area contributed by atoms with E-state index in [-0.39, 0.29) is 11.9 Å². The number of hydrogen-bond donors (Lipinski definition) is 3. The number of β-amino-alcohol motifs (C(OH)–C–C–N with tert-alkyl or cyclic N) is 1. The molecule has 18 heavy (non-hydrogen) atoms. The molecule has 2 unspecified atom stereocenters. The Labute approximate surface area is 103 Å². The van der Waals surface area contributed by atoms with Crippen molar-refractivity contribution in [1.29, 1.82) is 0 Å². The highest BCUT2D eigenvalue weighted by molar-refractivity contribution is 5.38. The van der Waals surface area contributed by atoms with E-state index in [2.05, 4.69) is 15.2 Å². The fraction of sp³-hybridized carbons (Fsp3) is 0.700. The highest BCUT2D eigenvalue weighted by Gasteiger charge is 2.33. The molecule has 1 aliphatic heterocycles. The maximum atomic E-state index is 11.7. The Morgan fingerprint density at radius 3 is 2.83 bits per heavy atom. The molecule has 2 rings (SSSR count). The van der Waals surface area contributed by atoms with E-state index in [1.807, 2.05) is 19.0 Å². The van der Waals surface area contributed by atoms with Crippen LogP contribution in [0.4, 0.5) is 5.82 Å². The summed E-state index contributed by atoms with van der Waals surface area (Å²) in [5, 5.41) is 15.7. The number of aliphatic hydroxyl groups excluding tert-OH is 1. The maximum Gasteiger partial charge on any atom is 0.342 e. The van der Waals surface area contributed by atoms with Crippen LogP contribution in [0.1, 0.15) is 6.42 Å². The van der Waals surface area contributed by atoms with Gasteiger partial charge in [0.2, 0.25) is 5.82 Å². The van der Waals surface area contributed by atoms with E-state index in [0.717, 1.165) is 0 Å². The summed E-state index contributed by atoms with van der Waals surface area (Å²) < 4.78 is 0. The first-order chi connectivity index (χ1) is 8.47. The number of rotatable bonds is 3. The quantitative estimate of drug-likeness (QED) is 0.574. The number of aromatic nitrogens is 3. The highest BCUT2D eigenvalue weighted by Crippen LogP contribution is 2.21. The largest absolute Gasteiger partial charge is 0.391 e. The molecule has 1 aromatic heterocycles. The molecular formula is C10H17N5O3. The maximum absolute atomic E-state index is 11.7. The van der Waals surface area contributed by atoms with E-state index in [1.54, 1.807) is 4.90 Å². The van der Waals surface area contributed by atoms with Crippen LogP contribution < -0.4 is 16.1 Å². The first kappa shape index (κ1) is 12.8. The predicted octanol–water partition coefficient (Wildman–Crippen LogP) is -2.04. The highest BCUT2D eigenvalue weighted by atomic mass is 16.3. The van der Waals surface area contributed by atoms with Crippen LogP contribution in [0.5, 0.6) is 0 Å². The van der Waals surface area contributed by atoms with Gasteiger partial charge in [-0.3, -0.25) is 9.78 Å². The molecule has 0 amide bonds. The van der Waals surface area contributed by atoms with Crippen LogP contribution in [-0.4, -0.2) is 64.5 Å². The first-order valence-electron chi connectivity index (χ1n) is 5.76. The van der Waals surface area contributed by atoms with E-state index in [0.29, 0.717) is 19.5 Å². The smallest absolute Gasteiger partial charge is 0.342 e. The second-order valence-corrected chi connectivity index (χ2v) is 4.79. The molecule has 1 fully saturated rings. The third-order valence-corrected chi connectivity index (χ3v) is 2.93. The lowest BCUT2D eigenvalue weighted by Gasteiger charge is -2.26. The van der Waals surface area contributed by atoms with E-state index in [1.165, 1.54) is 0 Å². The van der Waals surface area contributed by atoms with Crippen molar-refractivity contribution < 1.29 is 5.11 Å². The van der Waals surface area contributed by atoms with Gasteiger partial charge in [0.15, 0.2) is 0 Å². The minimum Gasteiger partial charge on any atom is -0.391 e. The van der Waals surface area contributed by atoms with Crippen molar-refractivity contribution in [2.75, 3.05) is 32.1 Å². The Morgan fingerprint density at radius 2 is 2.22 bits per heavy atom. The zero-order chi connectivity index (χ0) is 13.3. The number of aromatic amines is 2. The van der Waals surface area contributed by atoms with E-state index in [4.69, 9.17) is 0 Å². The van der Waals surface area contributed by atoms with E-state index < -0.39 is 17.4 Å². The second-order valence-electron chi connectivity index (χ2n) is 4.79. The van der Waals surface area contributed by atoms with E-state index >= 15 is 0 Å². The number of H-pyrrole nitrogens is 2. The lowest BCUT2D eigenvalue weighted by atomic mass is 10.2. The van der Waals surface area contributed by atoms with Gasteiger partial charge in [0, 0.05) is 19.1 Å². The number of likely N-dealkylation sites (N-methyl/N-ethyl adjacent to an activating group) is 1. The average Bonchev–Trinajstić information content (AvgIpc) is 2.58. The lowest BCUT2D eigenvalue weighted by Crippen LogP contribution is -2.42. The predicted molar refractivity (Wildman–Crippen MR) is 65.8 cm³/mol. The molecule has 1 saturated heterocycles. The Kier molecular flexibility index (Phi) is 3.48. The number of nitrogens with zero attached hydrogens (tertiary/aromatic N) is 3. The zero-order valence-corrected chi connectivity index (χ0v) is 10.4. The molecule has 0 radical (unpaired) electrons. The standard InChI is InChI=1S/C10H17N5O3/c1-14(2)4-6-3-7(16)5-15(6)8-9(17)11-10(18)13-12-8/h6-7,16H,3-5H2,1-2H3,(H2,11,13,17,18). The summed E-state index contributed by atoms with van der Waals surface area (Å²) in [5.41, 5.74) is -1.16. The molecule has 0 bridgehead atoms. The van der Waals surface area contributed by atoms with Crippen LogP contribution in [0.25, 0.3) is 0 Å².